The molecule has 0 bridgehead atoms. The van der Waals surface area contributed by atoms with Crippen LogP contribution in [-0.2, 0) is 0 Å². The van der Waals surface area contributed by atoms with Gasteiger partial charge in [-0.25, -0.2) is 9.50 Å². The quantitative estimate of drug-likeness (QED) is 0.708. The molecule has 3 aromatic rings. The summed E-state index contributed by atoms with van der Waals surface area (Å²) in [4.78, 5) is 16.6. The lowest BCUT2D eigenvalue weighted by Crippen LogP contribution is -2.14. The molecule has 90 valence electrons. The van der Waals surface area contributed by atoms with Crippen molar-refractivity contribution in [3.05, 3.63) is 58.0 Å². The fraction of sp³-hybridized carbons (Fsp3) is 0.143. The number of hydrogen-bond donors (Lipinski definition) is 1. The number of nitrogens with zero attached hydrogens (tertiary/aromatic N) is 2. The average molecular weight is 239 g/mol. The van der Waals surface area contributed by atoms with E-state index in [1.165, 1.54) is 4.52 Å². The minimum Gasteiger partial charge on any atom is -0.294 e. The third-order valence-corrected chi connectivity index (χ3v) is 3.17. The van der Waals surface area contributed by atoms with E-state index in [9.17, 15) is 4.79 Å². The Kier molecular flexibility index (Phi) is 2.30. The maximum atomic E-state index is 12.0. The molecule has 0 amide bonds. The number of aromatic amines is 1. The topological polar surface area (TPSA) is 50.2 Å². The third kappa shape index (κ3) is 1.54. The van der Waals surface area contributed by atoms with E-state index in [4.69, 9.17) is 0 Å². The zero-order chi connectivity index (χ0) is 12.7. The van der Waals surface area contributed by atoms with E-state index in [1.54, 1.807) is 6.07 Å². The average Bonchev–Trinajstić information content (AvgIpc) is 2.68. The lowest BCUT2D eigenvalue weighted by molar-refractivity contribution is 0.882. The SMILES string of the molecule is Cc1[nH]n2c(=O)cc(-c3ccccc3)nc2c1C. The van der Waals surface area contributed by atoms with Crippen LogP contribution in [0.25, 0.3) is 16.9 Å². The fourth-order valence-corrected chi connectivity index (χ4v) is 2.02. The molecule has 0 radical (unpaired) electrons. The van der Waals surface area contributed by atoms with Crippen LogP contribution in [0.2, 0.25) is 0 Å². The van der Waals surface area contributed by atoms with Crippen LogP contribution in [0.3, 0.4) is 0 Å². The van der Waals surface area contributed by atoms with Crippen molar-refractivity contribution in [1.29, 1.82) is 0 Å². The maximum Gasteiger partial charge on any atom is 0.273 e. The minimum atomic E-state index is -0.0879. The first-order valence-corrected chi connectivity index (χ1v) is 5.81. The zero-order valence-corrected chi connectivity index (χ0v) is 10.3. The number of H-pyrrole nitrogens is 1. The summed E-state index contributed by atoms with van der Waals surface area (Å²) in [6.45, 7) is 3.90. The standard InChI is InChI=1S/C14H13N3O/c1-9-10(2)16-17-13(18)8-12(15-14(9)17)11-6-4-3-5-7-11/h3-8,16H,1-2H3. The summed E-state index contributed by atoms with van der Waals surface area (Å²) in [5, 5.41) is 3.02. The monoisotopic (exact) mass is 239 g/mol. The van der Waals surface area contributed by atoms with Gasteiger partial charge in [0.05, 0.1) is 5.69 Å². The summed E-state index contributed by atoms with van der Waals surface area (Å²) in [6, 6.07) is 11.3. The van der Waals surface area contributed by atoms with Crippen LogP contribution in [0.4, 0.5) is 0 Å². The van der Waals surface area contributed by atoms with Gasteiger partial charge >= 0.3 is 0 Å². The van der Waals surface area contributed by atoms with Gasteiger partial charge in [-0.15, -0.1) is 0 Å². The van der Waals surface area contributed by atoms with E-state index < -0.39 is 0 Å². The summed E-state index contributed by atoms with van der Waals surface area (Å²) in [5.74, 6) is 0. The largest absolute Gasteiger partial charge is 0.294 e. The Morgan fingerprint density at radius 1 is 1.17 bits per heavy atom. The molecule has 4 heteroatoms. The number of aromatic nitrogens is 3. The summed E-state index contributed by atoms with van der Waals surface area (Å²) < 4.78 is 1.48. The van der Waals surface area contributed by atoms with Crippen molar-refractivity contribution in [2.45, 2.75) is 13.8 Å². The normalized spacial score (nSPS) is 11.0. The summed E-state index contributed by atoms with van der Waals surface area (Å²) >= 11 is 0. The molecule has 18 heavy (non-hydrogen) atoms. The van der Waals surface area contributed by atoms with E-state index >= 15 is 0 Å². The van der Waals surface area contributed by atoms with Gasteiger partial charge in [0.2, 0.25) is 0 Å². The predicted octanol–water partition coefficient (Wildman–Crippen LogP) is 2.31. The van der Waals surface area contributed by atoms with Crippen molar-refractivity contribution >= 4 is 5.65 Å². The van der Waals surface area contributed by atoms with Gasteiger partial charge in [-0.05, 0) is 13.8 Å². The van der Waals surface area contributed by atoms with Gasteiger partial charge in [-0.1, -0.05) is 30.3 Å². The van der Waals surface area contributed by atoms with Gasteiger partial charge in [-0.3, -0.25) is 9.89 Å². The first-order valence-electron chi connectivity index (χ1n) is 5.81. The van der Waals surface area contributed by atoms with Crippen LogP contribution in [0.15, 0.2) is 41.2 Å². The van der Waals surface area contributed by atoms with Crippen molar-refractivity contribution in [2.75, 3.05) is 0 Å². The van der Waals surface area contributed by atoms with E-state index in [1.807, 2.05) is 44.2 Å². The Morgan fingerprint density at radius 2 is 1.89 bits per heavy atom. The summed E-state index contributed by atoms with van der Waals surface area (Å²) in [5.41, 5.74) is 4.24. The van der Waals surface area contributed by atoms with Crippen LogP contribution in [0.1, 0.15) is 11.3 Å². The lowest BCUT2D eigenvalue weighted by atomic mass is 10.1. The van der Waals surface area contributed by atoms with Crippen molar-refractivity contribution in [3.8, 4) is 11.3 Å². The van der Waals surface area contributed by atoms with Crippen molar-refractivity contribution < 1.29 is 0 Å². The van der Waals surface area contributed by atoms with Crippen LogP contribution < -0.4 is 5.56 Å². The van der Waals surface area contributed by atoms with Gasteiger partial charge in [0.1, 0.15) is 0 Å². The van der Waals surface area contributed by atoms with Gasteiger partial charge in [0.25, 0.3) is 5.56 Å². The molecule has 0 aliphatic rings. The molecule has 0 atom stereocenters. The molecular weight excluding hydrogens is 226 g/mol. The van der Waals surface area contributed by atoms with E-state index in [-0.39, 0.29) is 5.56 Å². The van der Waals surface area contributed by atoms with Gasteiger partial charge in [-0.2, -0.15) is 0 Å². The van der Waals surface area contributed by atoms with Crippen molar-refractivity contribution in [3.63, 3.8) is 0 Å². The molecule has 0 saturated heterocycles. The molecule has 0 aliphatic carbocycles. The molecule has 0 spiro atoms. The predicted molar refractivity (Wildman–Crippen MR) is 70.7 cm³/mol. The summed E-state index contributed by atoms with van der Waals surface area (Å²) in [6.07, 6.45) is 0. The fourth-order valence-electron chi connectivity index (χ4n) is 2.02. The molecule has 0 fully saturated rings. The lowest BCUT2D eigenvalue weighted by Gasteiger charge is -2.01. The van der Waals surface area contributed by atoms with E-state index in [0.717, 1.165) is 16.8 Å². The van der Waals surface area contributed by atoms with Crippen molar-refractivity contribution in [1.82, 2.24) is 14.6 Å². The first-order chi connectivity index (χ1) is 8.66. The van der Waals surface area contributed by atoms with Crippen molar-refractivity contribution in [2.24, 2.45) is 0 Å². The Morgan fingerprint density at radius 3 is 2.61 bits per heavy atom. The van der Waals surface area contributed by atoms with E-state index in [2.05, 4.69) is 10.1 Å². The highest BCUT2D eigenvalue weighted by Crippen LogP contribution is 2.17. The number of aryl methyl sites for hydroxylation is 2. The highest BCUT2D eigenvalue weighted by molar-refractivity contribution is 5.62. The van der Waals surface area contributed by atoms with Crippen LogP contribution in [0.5, 0.6) is 0 Å². The molecule has 0 aliphatic heterocycles. The molecule has 2 heterocycles. The van der Waals surface area contributed by atoms with E-state index in [0.29, 0.717) is 11.3 Å². The molecule has 0 saturated carbocycles. The molecule has 2 aromatic heterocycles. The molecule has 0 unspecified atom stereocenters. The number of fused-ring (bicyclic) bond motifs is 1. The molecule has 1 aromatic carbocycles. The number of benzene rings is 1. The third-order valence-electron chi connectivity index (χ3n) is 3.17. The highest BCUT2D eigenvalue weighted by Gasteiger charge is 2.09. The second-order valence-electron chi connectivity index (χ2n) is 4.37. The molecule has 3 rings (SSSR count). The number of hydrogen-bond acceptors (Lipinski definition) is 2. The molecule has 1 N–H and O–H groups in total. The second kappa shape index (κ2) is 3.84. The van der Waals surface area contributed by atoms with Crippen LogP contribution in [0, 0.1) is 13.8 Å². The van der Waals surface area contributed by atoms with Gasteiger partial charge in [0.15, 0.2) is 5.65 Å². The number of nitrogens with one attached hydrogen (secondary N) is 1. The molecule has 4 nitrogen and oxygen atoms in total. The zero-order valence-electron chi connectivity index (χ0n) is 10.3. The number of rotatable bonds is 1. The Bertz CT molecular complexity index is 769. The Labute approximate surface area is 104 Å². The second-order valence-corrected chi connectivity index (χ2v) is 4.37. The maximum absolute atomic E-state index is 12.0. The Balaban J connectivity index is 2.34. The van der Waals surface area contributed by atoms with Crippen LogP contribution >= 0.6 is 0 Å². The Hall–Kier alpha value is -2.36. The van der Waals surface area contributed by atoms with Gasteiger partial charge in [0, 0.05) is 22.9 Å². The van der Waals surface area contributed by atoms with Gasteiger partial charge < -0.3 is 0 Å². The summed E-state index contributed by atoms with van der Waals surface area (Å²) in [7, 11) is 0. The molecular formula is C14H13N3O. The minimum absolute atomic E-state index is 0.0879. The van der Waals surface area contributed by atoms with Crippen LogP contribution in [-0.4, -0.2) is 14.6 Å². The first kappa shape index (κ1) is 10.8. The highest BCUT2D eigenvalue weighted by atomic mass is 16.1. The smallest absolute Gasteiger partial charge is 0.273 e.